The summed E-state index contributed by atoms with van der Waals surface area (Å²) < 4.78 is 13.8. The SMILES string of the molecule is Cc1c(Br)cccc1C(O)Cc1ccc(F)cc1. The Morgan fingerprint density at radius 2 is 1.83 bits per heavy atom. The van der Waals surface area contributed by atoms with Gasteiger partial charge >= 0.3 is 0 Å². The maximum Gasteiger partial charge on any atom is 0.123 e. The molecule has 0 heterocycles. The molecule has 2 aromatic rings. The van der Waals surface area contributed by atoms with Gasteiger partial charge in [-0.3, -0.25) is 0 Å². The fraction of sp³-hybridized carbons (Fsp3) is 0.200. The molecule has 0 bridgehead atoms. The standard InChI is InChI=1S/C15H14BrFO/c1-10-13(3-2-4-14(10)16)15(18)9-11-5-7-12(17)8-6-11/h2-8,15,18H,9H2,1H3. The van der Waals surface area contributed by atoms with Gasteiger partial charge in [0.15, 0.2) is 0 Å². The Hall–Kier alpha value is -1.19. The van der Waals surface area contributed by atoms with Gasteiger partial charge in [0.05, 0.1) is 6.10 Å². The summed E-state index contributed by atoms with van der Waals surface area (Å²) in [4.78, 5) is 0. The molecule has 1 nitrogen and oxygen atoms in total. The minimum absolute atomic E-state index is 0.258. The highest BCUT2D eigenvalue weighted by molar-refractivity contribution is 9.10. The number of halogens is 2. The first-order valence-corrected chi connectivity index (χ1v) is 6.55. The summed E-state index contributed by atoms with van der Waals surface area (Å²) in [6.45, 7) is 1.97. The van der Waals surface area contributed by atoms with Crippen LogP contribution >= 0.6 is 15.9 Å². The van der Waals surface area contributed by atoms with Crippen molar-refractivity contribution in [2.75, 3.05) is 0 Å². The number of aliphatic hydroxyl groups excluding tert-OH is 1. The minimum Gasteiger partial charge on any atom is -0.388 e. The van der Waals surface area contributed by atoms with E-state index in [-0.39, 0.29) is 5.82 Å². The molecule has 0 fully saturated rings. The fourth-order valence-corrected chi connectivity index (χ4v) is 2.32. The van der Waals surface area contributed by atoms with Gasteiger partial charge < -0.3 is 5.11 Å². The van der Waals surface area contributed by atoms with E-state index < -0.39 is 6.10 Å². The third-order valence-electron chi connectivity index (χ3n) is 3.01. The summed E-state index contributed by atoms with van der Waals surface area (Å²) in [5.74, 6) is -0.258. The largest absolute Gasteiger partial charge is 0.388 e. The maximum absolute atomic E-state index is 12.8. The van der Waals surface area contributed by atoms with E-state index in [4.69, 9.17) is 0 Å². The average molecular weight is 309 g/mol. The fourth-order valence-electron chi connectivity index (χ4n) is 1.94. The first-order valence-electron chi connectivity index (χ1n) is 5.75. The van der Waals surface area contributed by atoms with E-state index in [1.165, 1.54) is 12.1 Å². The van der Waals surface area contributed by atoms with E-state index in [1.54, 1.807) is 12.1 Å². The zero-order valence-electron chi connectivity index (χ0n) is 10.0. The van der Waals surface area contributed by atoms with Gasteiger partial charge in [0.25, 0.3) is 0 Å². The molecule has 0 saturated heterocycles. The van der Waals surface area contributed by atoms with Crippen molar-refractivity contribution in [3.05, 3.63) is 69.4 Å². The van der Waals surface area contributed by atoms with Crippen LogP contribution in [0.15, 0.2) is 46.9 Å². The second-order valence-corrected chi connectivity index (χ2v) is 5.15. The molecule has 0 spiro atoms. The lowest BCUT2D eigenvalue weighted by atomic mass is 9.98. The zero-order chi connectivity index (χ0) is 13.1. The molecular formula is C15H14BrFO. The van der Waals surface area contributed by atoms with Crippen LogP contribution in [0, 0.1) is 12.7 Å². The van der Waals surface area contributed by atoms with Crippen molar-refractivity contribution in [3.8, 4) is 0 Å². The van der Waals surface area contributed by atoms with E-state index >= 15 is 0 Å². The summed E-state index contributed by atoms with van der Waals surface area (Å²) in [5, 5.41) is 10.2. The normalized spacial score (nSPS) is 12.4. The van der Waals surface area contributed by atoms with Crippen molar-refractivity contribution in [1.29, 1.82) is 0 Å². The smallest absolute Gasteiger partial charge is 0.123 e. The molecule has 0 aliphatic rings. The summed E-state index contributed by atoms with van der Waals surface area (Å²) >= 11 is 3.45. The molecule has 1 unspecified atom stereocenters. The molecule has 2 aromatic carbocycles. The predicted octanol–water partition coefficient (Wildman–Crippen LogP) is 4.17. The van der Waals surface area contributed by atoms with Crippen LogP contribution in [0.3, 0.4) is 0 Å². The first-order chi connectivity index (χ1) is 8.58. The third kappa shape index (κ3) is 2.98. The van der Waals surface area contributed by atoms with Crippen molar-refractivity contribution in [3.63, 3.8) is 0 Å². The molecule has 2 rings (SSSR count). The van der Waals surface area contributed by atoms with Crippen LogP contribution in [0.5, 0.6) is 0 Å². The average Bonchev–Trinajstić information content (AvgIpc) is 2.35. The summed E-state index contributed by atoms with van der Waals surface area (Å²) in [7, 11) is 0. The lowest BCUT2D eigenvalue weighted by molar-refractivity contribution is 0.177. The van der Waals surface area contributed by atoms with Crippen molar-refractivity contribution in [1.82, 2.24) is 0 Å². The topological polar surface area (TPSA) is 20.2 Å². The Kier molecular flexibility index (Phi) is 4.15. The highest BCUT2D eigenvalue weighted by Crippen LogP contribution is 2.26. The van der Waals surface area contributed by atoms with Gasteiger partial charge in [-0.2, -0.15) is 0 Å². The molecule has 0 saturated carbocycles. The van der Waals surface area contributed by atoms with Gasteiger partial charge in [0, 0.05) is 10.9 Å². The number of rotatable bonds is 3. The molecule has 0 aromatic heterocycles. The molecule has 0 aliphatic heterocycles. The molecule has 0 aliphatic carbocycles. The van der Waals surface area contributed by atoms with Crippen LogP contribution in [0.2, 0.25) is 0 Å². The second-order valence-electron chi connectivity index (χ2n) is 4.30. The van der Waals surface area contributed by atoms with Gasteiger partial charge in [-0.15, -0.1) is 0 Å². The number of hydrogen-bond acceptors (Lipinski definition) is 1. The van der Waals surface area contributed by atoms with Gasteiger partial charge in [-0.05, 0) is 41.8 Å². The quantitative estimate of drug-likeness (QED) is 0.902. The Morgan fingerprint density at radius 1 is 1.17 bits per heavy atom. The summed E-state index contributed by atoms with van der Waals surface area (Å²) in [5.41, 5.74) is 2.85. The highest BCUT2D eigenvalue weighted by Gasteiger charge is 2.12. The summed E-state index contributed by atoms with van der Waals surface area (Å²) in [6, 6.07) is 12.0. The van der Waals surface area contributed by atoms with E-state index in [1.807, 2.05) is 25.1 Å². The van der Waals surface area contributed by atoms with Crippen LogP contribution in [0.1, 0.15) is 22.8 Å². The van der Waals surface area contributed by atoms with E-state index in [2.05, 4.69) is 15.9 Å². The van der Waals surface area contributed by atoms with Gasteiger partial charge in [-0.1, -0.05) is 40.2 Å². The van der Waals surface area contributed by atoms with Gasteiger partial charge in [-0.25, -0.2) is 4.39 Å². The van der Waals surface area contributed by atoms with Crippen LogP contribution in [-0.4, -0.2) is 5.11 Å². The molecule has 1 N–H and O–H groups in total. The zero-order valence-corrected chi connectivity index (χ0v) is 11.6. The van der Waals surface area contributed by atoms with Crippen molar-refractivity contribution in [2.24, 2.45) is 0 Å². The van der Waals surface area contributed by atoms with Crippen molar-refractivity contribution in [2.45, 2.75) is 19.4 Å². The highest BCUT2D eigenvalue weighted by atomic mass is 79.9. The monoisotopic (exact) mass is 308 g/mol. The first kappa shape index (κ1) is 13.2. The van der Waals surface area contributed by atoms with Crippen LogP contribution in [-0.2, 0) is 6.42 Å². The lowest BCUT2D eigenvalue weighted by Crippen LogP contribution is -2.04. The maximum atomic E-state index is 12.8. The Labute approximate surface area is 114 Å². The molecule has 0 amide bonds. The van der Waals surface area contributed by atoms with Crippen molar-refractivity contribution >= 4 is 15.9 Å². The molecule has 18 heavy (non-hydrogen) atoms. The van der Waals surface area contributed by atoms with E-state index in [9.17, 15) is 9.50 Å². The minimum atomic E-state index is -0.576. The Morgan fingerprint density at radius 3 is 2.50 bits per heavy atom. The number of aliphatic hydroxyl groups is 1. The van der Waals surface area contributed by atoms with E-state index in [0.29, 0.717) is 6.42 Å². The number of hydrogen-bond donors (Lipinski definition) is 1. The third-order valence-corrected chi connectivity index (χ3v) is 3.87. The molecule has 94 valence electrons. The number of benzene rings is 2. The van der Waals surface area contributed by atoms with Crippen LogP contribution in [0.25, 0.3) is 0 Å². The van der Waals surface area contributed by atoms with Crippen LogP contribution in [0.4, 0.5) is 4.39 Å². The van der Waals surface area contributed by atoms with Crippen molar-refractivity contribution < 1.29 is 9.50 Å². The second kappa shape index (κ2) is 5.63. The summed E-state index contributed by atoms with van der Waals surface area (Å²) in [6.07, 6.45) is -0.0923. The van der Waals surface area contributed by atoms with E-state index in [0.717, 1.165) is 21.2 Å². The molecule has 0 radical (unpaired) electrons. The Bertz CT molecular complexity index is 537. The molecule has 1 atom stereocenters. The predicted molar refractivity (Wildman–Crippen MR) is 73.9 cm³/mol. The van der Waals surface area contributed by atoms with Crippen LogP contribution < -0.4 is 0 Å². The molecule has 3 heteroatoms. The Balaban J connectivity index is 2.19. The molecular weight excluding hydrogens is 295 g/mol. The lowest BCUT2D eigenvalue weighted by Gasteiger charge is -2.14. The van der Waals surface area contributed by atoms with Gasteiger partial charge in [0.1, 0.15) is 5.82 Å². The van der Waals surface area contributed by atoms with Gasteiger partial charge in [0.2, 0.25) is 0 Å².